The van der Waals surface area contributed by atoms with Crippen molar-refractivity contribution < 1.29 is 14.2 Å². The van der Waals surface area contributed by atoms with Gasteiger partial charge in [-0.3, -0.25) is 9.58 Å². The summed E-state index contributed by atoms with van der Waals surface area (Å²) < 4.78 is 18.7. The lowest BCUT2D eigenvalue weighted by Crippen LogP contribution is -2.33. The molecule has 0 saturated carbocycles. The van der Waals surface area contributed by atoms with Gasteiger partial charge >= 0.3 is 0 Å². The third-order valence-electron chi connectivity index (χ3n) is 6.14. The fourth-order valence-electron chi connectivity index (χ4n) is 4.30. The second-order valence-electron chi connectivity index (χ2n) is 8.27. The van der Waals surface area contributed by atoms with E-state index in [1.165, 1.54) is 16.5 Å². The average Bonchev–Trinajstić information content (AvgIpc) is 3.33. The number of rotatable bonds is 8. The zero-order valence-corrected chi connectivity index (χ0v) is 19.0. The molecule has 7 nitrogen and oxygen atoms in total. The summed E-state index contributed by atoms with van der Waals surface area (Å²) >= 11 is 0. The molecular formula is C26H28N4O3. The molecule has 170 valence electrons. The smallest absolute Gasteiger partial charge is 0.161 e. The van der Waals surface area contributed by atoms with Gasteiger partial charge in [-0.05, 0) is 52.6 Å². The quantitative estimate of drug-likeness (QED) is 0.408. The first-order valence-corrected chi connectivity index (χ1v) is 11.2. The van der Waals surface area contributed by atoms with Crippen LogP contribution in [-0.2, 0) is 26.1 Å². The predicted molar refractivity (Wildman–Crippen MR) is 127 cm³/mol. The minimum absolute atomic E-state index is 0.400. The van der Waals surface area contributed by atoms with E-state index in [4.69, 9.17) is 14.2 Å². The summed E-state index contributed by atoms with van der Waals surface area (Å²) in [6.45, 7) is 3.99. The second-order valence-corrected chi connectivity index (χ2v) is 8.27. The number of fused-ring (bicyclic) bond motifs is 2. The van der Waals surface area contributed by atoms with Crippen LogP contribution in [-0.4, -0.2) is 47.2 Å². The molecule has 0 saturated heterocycles. The summed E-state index contributed by atoms with van der Waals surface area (Å²) in [5.74, 6) is 2.42. The van der Waals surface area contributed by atoms with Crippen LogP contribution >= 0.6 is 0 Å². The maximum absolute atomic E-state index is 5.94. The number of hydrogen-bond donors (Lipinski definition) is 0. The monoisotopic (exact) mass is 444 g/mol. The third kappa shape index (κ3) is 4.78. The van der Waals surface area contributed by atoms with Gasteiger partial charge in [-0.25, -0.2) is 0 Å². The summed E-state index contributed by atoms with van der Waals surface area (Å²) in [7, 11) is 3.36. The highest BCUT2D eigenvalue weighted by molar-refractivity contribution is 5.83. The average molecular weight is 445 g/mol. The number of methoxy groups -OCH3 is 2. The van der Waals surface area contributed by atoms with Crippen LogP contribution in [0.2, 0.25) is 0 Å². The van der Waals surface area contributed by atoms with Crippen molar-refractivity contribution in [1.82, 2.24) is 19.9 Å². The number of aromatic nitrogens is 3. The Balaban J connectivity index is 1.15. The van der Waals surface area contributed by atoms with E-state index in [2.05, 4.69) is 51.6 Å². The van der Waals surface area contributed by atoms with Crippen LogP contribution in [0.4, 0.5) is 0 Å². The molecule has 0 radical (unpaired) electrons. The number of ether oxygens (including phenoxy) is 3. The SMILES string of the molecule is COc1cc2c(cc1OC)CN(CCn1cc(COc3ccc4ccccc4c3)nn1)CC2. The molecule has 5 rings (SSSR count). The molecule has 0 spiro atoms. The Morgan fingerprint density at radius 1 is 0.879 bits per heavy atom. The van der Waals surface area contributed by atoms with Crippen LogP contribution in [0.15, 0.2) is 60.8 Å². The van der Waals surface area contributed by atoms with Gasteiger partial charge in [0, 0.05) is 19.6 Å². The van der Waals surface area contributed by atoms with Gasteiger partial charge in [-0.1, -0.05) is 35.5 Å². The van der Waals surface area contributed by atoms with Gasteiger partial charge in [0.15, 0.2) is 11.5 Å². The van der Waals surface area contributed by atoms with Crippen LogP contribution in [0.5, 0.6) is 17.2 Å². The molecule has 0 amide bonds. The van der Waals surface area contributed by atoms with E-state index in [9.17, 15) is 0 Å². The number of benzene rings is 3. The Morgan fingerprint density at radius 2 is 1.67 bits per heavy atom. The maximum Gasteiger partial charge on any atom is 0.161 e. The maximum atomic E-state index is 5.94. The first-order chi connectivity index (χ1) is 16.2. The molecule has 0 bridgehead atoms. The molecule has 1 aromatic heterocycles. The van der Waals surface area contributed by atoms with Crippen LogP contribution in [0, 0.1) is 0 Å². The van der Waals surface area contributed by atoms with Crippen LogP contribution in [0.1, 0.15) is 16.8 Å². The standard InChI is InChI=1S/C26H28N4O3/c1-31-25-14-21-9-10-29(16-22(21)15-26(25)32-2)11-12-30-17-23(27-28-30)18-33-24-8-7-19-5-3-4-6-20(19)13-24/h3-8,13-15,17H,9-12,16,18H2,1-2H3. The minimum Gasteiger partial charge on any atom is -0.493 e. The Morgan fingerprint density at radius 3 is 2.48 bits per heavy atom. The lowest BCUT2D eigenvalue weighted by atomic mass is 9.99. The molecule has 0 atom stereocenters. The van der Waals surface area contributed by atoms with Crippen LogP contribution in [0.25, 0.3) is 10.8 Å². The zero-order chi connectivity index (χ0) is 22.6. The van der Waals surface area contributed by atoms with Crippen molar-refractivity contribution in [2.75, 3.05) is 27.3 Å². The first kappa shape index (κ1) is 21.3. The van der Waals surface area contributed by atoms with E-state index in [0.29, 0.717) is 6.61 Å². The highest BCUT2D eigenvalue weighted by Crippen LogP contribution is 2.33. The third-order valence-corrected chi connectivity index (χ3v) is 6.14. The number of nitrogens with zero attached hydrogens (tertiary/aromatic N) is 4. The molecule has 33 heavy (non-hydrogen) atoms. The lowest BCUT2D eigenvalue weighted by Gasteiger charge is -2.29. The fraction of sp³-hybridized carbons (Fsp3) is 0.308. The van der Waals surface area contributed by atoms with Crippen molar-refractivity contribution >= 4 is 10.8 Å². The summed E-state index contributed by atoms with van der Waals surface area (Å²) in [5.41, 5.74) is 3.45. The molecule has 4 aromatic rings. The van der Waals surface area contributed by atoms with Gasteiger partial charge < -0.3 is 14.2 Å². The number of hydrogen-bond acceptors (Lipinski definition) is 6. The molecule has 1 aliphatic heterocycles. The molecule has 0 N–H and O–H groups in total. The van der Waals surface area contributed by atoms with Crippen LogP contribution < -0.4 is 14.2 Å². The molecule has 3 aromatic carbocycles. The molecule has 0 fully saturated rings. The highest BCUT2D eigenvalue weighted by Gasteiger charge is 2.19. The van der Waals surface area contributed by atoms with E-state index in [-0.39, 0.29) is 0 Å². The van der Waals surface area contributed by atoms with Gasteiger partial charge in [0.1, 0.15) is 18.1 Å². The Hall–Kier alpha value is -3.58. The minimum atomic E-state index is 0.400. The van der Waals surface area contributed by atoms with E-state index in [0.717, 1.165) is 60.9 Å². The van der Waals surface area contributed by atoms with Crippen molar-refractivity contribution in [3.8, 4) is 17.2 Å². The first-order valence-electron chi connectivity index (χ1n) is 11.2. The van der Waals surface area contributed by atoms with E-state index in [1.54, 1.807) is 14.2 Å². The van der Waals surface area contributed by atoms with Gasteiger partial charge in [0.25, 0.3) is 0 Å². The summed E-state index contributed by atoms with van der Waals surface area (Å²) in [6, 6.07) is 18.6. The lowest BCUT2D eigenvalue weighted by molar-refractivity contribution is 0.238. The molecule has 0 unspecified atom stereocenters. The second kappa shape index (κ2) is 9.50. The molecule has 0 aliphatic carbocycles. The molecular weight excluding hydrogens is 416 g/mol. The van der Waals surface area contributed by atoms with E-state index in [1.807, 2.05) is 29.1 Å². The van der Waals surface area contributed by atoms with Crippen molar-refractivity contribution in [2.45, 2.75) is 26.1 Å². The van der Waals surface area contributed by atoms with E-state index >= 15 is 0 Å². The van der Waals surface area contributed by atoms with Gasteiger partial charge in [-0.15, -0.1) is 5.10 Å². The van der Waals surface area contributed by atoms with Crippen molar-refractivity contribution in [1.29, 1.82) is 0 Å². The van der Waals surface area contributed by atoms with Crippen LogP contribution in [0.3, 0.4) is 0 Å². The van der Waals surface area contributed by atoms with Gasteiger partial charge in [-0.2, -0.15) is 0 Å². The fourth-order valence-corrected chi connectivity index (χ4v) is 4.30. The topological polar surface area (TPSA) is 61.6 Å². The molecule has 1 aliphatic rings. The highest BCUT2D eigenvalue weighted by atomic mass is 16.5. The van der Waals surface area contributed by atoms with E-state index < -0.39 is 0 Å². The van der Waals surface area contributed by atoms with Crippen molar-refractivity contribution in [3.05, 3.63) is 77.6 Å². The van der Waals surface area contributed by atoms with Crippen molar-refractivity contribution in [2.24, 2.45) is 0 Å². The molecule has 2 heterocycles. The molecule has 7 heteroatoms. The zero-order valence-electron chi connectivity index (χ0n) is 19.0. The largest absolute Gasteiger partial charge is 0.493 e. The summed E-state index contributed by atoms with van der Waals surface area (Å²) in [5, 5.41) is 10.9. The summed E-state index contributed by atoms with van der Waals surface area (Å²) in [4.78, 5) is 2.43. The Labute approximate surface area is 193 Å². The van der Waals surface area contributed by atoms with Gasteiger partial charge in [0.2, 0.25) is 0 Å². The normalized spacial score (nSPS) is 13.6. The predicted octanol–water partition coefficient (Wildman–Crippen LogP) is 4.09. The Bertz CT molecular complexity index is 1250. The summed E-state index contributed by atoms with van der Waals surface area (Å²) in [6.07, 6.45) is 2.96. The van der Waals surface area contributed by atoms with Gasteiger partial charge in [0.05, 0.1) is 27.0 Å². The van der Waals surface area contributed by atoms with Crippen molar-refractivity contribution in [3.63, 3.8) is 0 Å². The Kier molecular flexibility index (Phi) is 6.13.